The molecule has 2 aromatic rings. The standard InChI is InChI=1S/C20H21FN2O3/c21-17-11-14(1-3-18(17)23-6-9-25-10-7-23)13-22-20(24)16-2-4-19-15(12-16)5-8-26-19/h1-4,11-12H,5-10,13H2,(H,22,24). The summed E-state index contributed by atoms with van der Waals surface area (Å²) in [5.74, 6) is 0.410. The van der Waals surface area contributed by atoms with Crippen molar-refractivity contribution in [2.45, 2.75) is 13.0 Å². The zero-order valence-corrected chi connectivity index (χ0v) is 14.5. The number of fused-ring (bicyclic) bond motifs is 1. The summed E-state index contributed by atoms with van der Waals surface area (Å²) in [5.41, 5.74) is 2.97. The molecule has 26 heavy (non-hydrogen) atoms. The van der Waals surface area contributed by atoms with E-state index >= 15 is 0 Å². The number of anilines is 1. The molecule has 0 spiro atoms. The summed E-state index contributed by atoms with van der Waals surface area (Å²) in [5, 5.41) is 2.85. The Morgan fingerprint density at radius 1 is 1.12 bits per heavy atom. The van der Waals surface area contributed by atoms with Gasteiger partial charge in [0.25, 0.3) is 5.91 Å². The van der Waals surface area contributed by atoms with Crippen molar-refractivity contribution in [2.24, 2.45) is 0 Å². The highest BCUT2D eigenvalue weighted by Gasteiger charge is 2.17. The van der Waals surface area contributed by atoms with E-state index in [0.717, 1.165) is 23.3 Å². The van der Waals surface area contributed by atoms with Crippen LogP contribution in [0.1, 0.15) is 21.5 Å². The first kappa shape index (κ1) is 16.8. The normalized spacial score (nSPS) is 16.1. The second kappa shape index (κ2) is 7.33. The molecule has 2 aliphatic heterocycles. The van der Waals surface area contributed by atoms with Crippen LogP contribution in [0.25, 0.3) is 0 Å². The zero-order chi connectivity index (χ0) is 17.9. The Balaban J connectivity index is 1.39. The van der Waals surface area contributed by atoms with Crippen molar-refractivity contribution in [3.63, 3.8) is 0 Å². The molecule has 0 bridgehead atoms. The zero-order valence-electron chi connectivity index (χ0n) is 14.5. The summed E-state index contributed by atoms with van der Waals surface area (Å²) in [7, 11) is 0. The lowest BCUT2D eigenvalue weighted by atomic mass is 10.1. The fraction of sp³-hybridized carbons (Fsp3) is 0.350. The molecule has 2 aliphatic rings. The van der Waals surface area contributed by atoms with Gasteiger partial charge in [-0.1, -0.05) is 6.07 Å². The van der Waals surface area contributed by atoms with Crippen molar-refractivity contribution >= 4 is 11.6 Å². The van der Waals surface area contributed by atoms with Gasteiger partial charge in [-0.15, -0.1) is 0 Å². The number of carbonyl (C=O) groups excluding carboxylic acids is 1. The van der Waals surface area contributed by atoms with Gasteiger partial charge in [-0.25, -0.2) is 4.39 Å². The predicted octanol–water partition coefficient (Wildman–Crippen LogP) is 2.53. The SMILES string of the molecule is O=C(NCc1ccc(N2CCOCC2)c(F)c1)c1ccc2c(c1)CCO2. The molecule has 6 heteroatoms. The van der Waals surface area contributed by atoms with Gasteiger partial charge in [0.2, 0.25) is 0 Å². The molecule has 1 saturated heterocycles. The molecule has 1 fully saturated rings. The minimum atomic E-state index is -0.270. The number of nitrogens with zero attached hydrogens (tertiary/aromatic N) is 1. The largest absolute Gasteiger partial charge is 0.493 e. The van der Waals surface area contributed by atoms with Crippen molar-refractivity contribution in [2.75, 3.05) is 37.8 Å². The first-order valence-corrected chi connectivity index (χ1v) is 8.86. The molecule has 0 aromatic heterocycles. The van der Waals surface area contributed by atoms with Gasteiger partial charge in [-0.3, -0.25) is 4.79 Å². The van der Waals surface area contributed by atoms with Gasteiger partial charge in [-0.05, 0) is 41.5 Å². The Bertz CT molecular complexity index is 819. The lowest BCUT2D eigenvalue weighted by Gasteiger charge is -2.29. The number of halogens is 1. The van der Waals surface area contributed by atoms with Crippen molar-refractivity contribution in [1.29, 1.82) is 0 Å². The molecule has 136 valence electrons. The van der Waals surface area contributed by atoms with Crippen LogP contribution in [0.15, 0.2) is 36.4 Å². The van der Waals surface area contributed by atoms with Crippen LogP contribution in [0.3, 0.4) is 0 Å². The number of amides is 1. The lowest BCUT2D eigenvalue weighted by Crippen LogP contribution is -2.36. The highest BCUT2D eigenvalue weighted by Crippen LogP contribution is 2.26. The molecule has 5 nitrogen and oxygen atoms in total. The lowest BCUT2D eigenvalue weighted by molar-refractivity contribution is 0.0950. The number of ether oxygens (including phenoxy) is 2. The van der Waals surface area contributed by atoms with E-state index in [1.165, 1.54) is 6.07 Å². The maximum atomic E-state index is 14.4. The molecule has 1 N–H and O–H groups in total. The molecule has 0 unspecified atom stereocenters. The van der Waals surface area contributed by atoms with E-state index in [9.17, 15) is 9.18 Å². The number of hydrogen-bond acceptors (Lipinski definition) is 4. The Morgan fingerprint density at radius 3 is 2.77 bits per heavy atom. The molecule has 1 amide bonds. The van der Waals surface area contributed by atoms with E-state index in [1.54, 1.807) is 12.1 Å². The van der Waals surface area contributed by atoms with Gasteiger partial charge in [0, 0.05) is 31.6 Å². The maximum absolute atomic E-state index is 14.4. The summed E-state index contributed by atoms with van der Waals surface area (Å²) in [6.07, 6.45) is 0.824. The van der Waals surface area contributed by atoms with E-state index in [2.05, 4.69) is 5.32 Å². The quantitative estimate of drug-likeness (QED) is 0.915. The Kier molecular flexibility index (Phi) is 4.75. The molecular weight excluding hydrogens is 335 g/mol. The number of benzene rings is 2. The highest BCUT2D eigenvalue weighted by atomic mass is 19.1. The van der Waals surface area contributed by atoms with Gasteiger partial charge >= 0.3 is 0 Å². The van der Waals surface area contributed by atoms with Crippen molar-refractivity contribution in [3.05, 3.63) is 58.9 Å². The smallest absolute Gasteiger partial charge is 0.251 e. The average Bonchev–Trinajstić information content (AvgIpc) is 3.14. The first-order valence-electron chi connectivity index (χ1n) is 8.86. The summed E-state index contributed by atoms with van der Waals surface area (Å²) in [4.78, 5) is 14.3. The van der Waals surface area contributed by atoms with Crippen LogP contribution in [0.2, 0.25) is 0 Å². The van der Waals surface area contributed by atoms with Crippen LogP contribution in [0.5, 0.6) is 5.75 Å². The summed E-state index contributed by atoms with van der Waals surface area (Å²) in [6, 6.07) is 10.6. The summed E-state index contributed by atoms with van der Waals surface area (Å²) >= 11 is 0. The fourth-order valence-electron chi connectivity index (χ4n) is 3.33. The minimum Gasteiger partial charge on any atom is -0.493 e. The van der Waals surface area contributed by atoms with Crippen molar-refractivity contribution < 1.29 is 18.7 Å². The highest BCUT2D eigenvalue weighted by molar-refractivity contribution is 5.94. The van der Waals surface area contributed by atoms with Crippen LogP contribution in [-0.2, 0) is 17.7 Å². The van der Waals surface area contributed by atoms with Gasteiger partial charge in [0.05, 0.1) is 25.5 Å². The number of rotatable bonds is 4. The number of morpholine rings is 1. The molecule has 0 saturated carbocycles. The molecular formula is C20H21FN2O3. The summed E-state index contributed by atoms with van der Waals surface area (Å²) < 4.78 is 25.2. The van der Waals surface area contributed by atoms with Crippen LogP contribution in [0, 0.1) is 5.82 Å². The van der Waals surface area contributed by atoms with Gasteiger partial charge in [-0.2, -0.15) is 0 Å². The predicted molar refractivity (Wildman–Crippen MR) is 96.2 cm³/mol. The average molecular weight is 356 g/mol. The third kappa shape index (κ3) is 3.51. The first-order chi connectivity index (χ1) is 12.7. The molecule has 0 atom stereocenters. The second-order valence-electron chi connectivity index (χ2n) is 6.49. The van der Waals surface area contributed by atoms with Crippen LogP contribution in [0.4, 0.5) is 10.1 Å². The molecule has 2 heterocycles. The van der Waals surface area contributed by atoms with E-state index < -0.39 is 0 Å². The molecule has 2 aromatic carbocycles. The van der Waals surface area contributed by atoms with E-state index in [0.29, 0.717) is 44.2 Å². The Labute approximate surface area is 151 Å². The third-order valence-corrected chi connectivity index (χ3v) is 4.77. The van der Waals surface area contributed by atoms with Crippen LogP contribution in [-0.4, -0.2) is 38.8 Å². The van der Waals surface area contributed by atoms with Crippen molar-refractivity contribution in [1.82, 2.24) is 5.32 Å². The van der Waals surface area contributed by atoms with Crippen molar-refractivity contribution in [3.8, 4) is 5.75 Å². The molecule has 0 aliphatic carbocycles. The van der Waals surface area contributed by atoms with Gasteiger partial charge < -0.3 is 19.7 Å². The minimum absolute atomic E-state index is 0.169. The number of hydrogen-bond donors (Lipinski definition) is 1. The van der Waals surface area contributed by atoms with Crippen LogP contribution < -0.4 is 15.0 Å². The van der Waals surface area contributed by atoms with Gasteiger partial charge in [0.1, 0.15) is 11.6 Å². The van der Waals surface area contributed by atoms with E-state index in [4.69, 9.17) is 9.47 Å². The summed E-state index contributed by atoms with van der Waals surface area (Å²) in [6.45, 7) is 3.55. The third-order valence-electron chi connectivity index (χ3n) is 4.77. The number of carbonyl (C=O) groups is 1. The van der Waals surface area contributed by atoms with E-state index in [-0.39, 0.29) is 18.3 Å². The topological polar surface area (TPSA) is 50.8 Å². The van der Waals surface area contributed by atoms with Crippen LogP contribution >= 0.6 is 0 Å². The Hall–Kier alpha value is -2.60. The molecule has 4 rings (SSSR count). The van der Waals surface area contributed by atoms with Gasteiger partial charge in [0.15, 0.2) is 0 Å². The second-order valence-corrected chi connectivity index (χ2v) is 6.49. The maximum Gasteiger partial charge on any atom is 0.251 e. The monoisotopic (exact) mass is 356 g/mol. The van der Waals surface area contributed by atoms with E-state index in [1.807, 2.05) is 23.1 Å². The Morgan fingerprint density at radius 2 is 1.96 bits per heavy atom. The fourth-order valence-corrected chi connectivity index (χ4v) is 3.33. The molecule has 0 radical (unpaired) electrons. The number of nitrogens with one attached hydrogen (secondary N) is 1.